The molecule has 2 aromatic rings. The highest BCUT2D eigenvalue weighted by molar-refractivity contribution is 5.89. The third kappa shape index (κ3) is 3.91. The van der Waals surface area contributed by atoms with E-state index in [-0.39, 0.29) is 6.04 Å². The molecule has 0 N–H and O–H groups in total. The third-order valence-corrected chi connectivity index (χ3v) is 7.23. The van der Waals surface area contributed by atoms with Gasteiger partial charge in [-0.1, -0.05) is 60.7 Å². The number of nitrogens with zero attached hydrogens (tertiary/aromatic N) is 2. The van der Waals surface area contributed by atoms with E-state index < -0.39 is 5.41 Å². The highest BCUT2D eigenvalue weighted by atomic mass is 16.5. The molecule has 1 unspecified atom stereocenters. The summed E-state index contributed by atoms with van der Waals surface area (Å²) in [6, 6.07) is 22.1. The van der Waals surface area contributed by atoms with Gasteiger partial charge in [0, 0.05) is 44.9 Å². The van der Waals surface area contributed by atoms with E-state index in [4.69, 9.17) is 4.74 Å². The quantitative estimate of drug-likeness (QED) is 0.763. The van der Waals surface area contributed by atoms with E-state index in [0.29, 0.717) is 19.1 Å². The van der Waals surface area contributed by atoms with Gasteiger partial charge in [0.15, 0.2) is 0 Å². The Bertz CT molecular complexity index is 844. The molecule has 0 bridgehead atoms. The van der Waals surface area contributed by atoms with Crippen LogP contribution in [0.25, 0.3) is 0 Å². The number of hydrogen-bond donors (Lipinski definition) is 0. The van der Waals surface area contributed by atoms with Crippen molar-refractivity contribution in [3.8, 4) is 0 Å². The summed E-state index contributed by atoms with van der Waals surface area (Å²) in [5.74, 6) is 0.313. The molecule has 2 aliphatic heterocycles. The summed E-state index contributed by atoms with van der Waals surface area (Å²) in [6.45, 7) is 4.15. The van der Waals surface area contributed by atoms with Crippen molar-refractivity contribution in [2.75, 3.05) is 32.8 Å². The van der Waals surface area contributed by atoms with Crippen LogP contribution < -0.4 is 0 Å². The second-order valence-corrected chi connectivity index (χ2v) is 9.13. The van der Waals surface area contributed by atoms with Crippen molar-refractivity contribution in [2.45, 2.75) is 49.6 Å². The summed E-state index contributed by atoms with van der Waals surface area (Å²) in [5.41, 5.74) is 2.02. The molecule has 30 heavy (non-hydrogen) atoms. The summed E-state index contributed by atoms with van der Waals surface area (Å²) < 4.78 is 5.68. The minimum atomic E-state index is -0.448. The Balaban J connectivity index is 1.44. The first-order chi connectivity index (χ1) is 14.8. The van der Waals surface area contributed by atoms with Crippen LogP contribution >= 0.6 is 0 Å². The monoisotopic (exact) mass is 404 g/mol. The SMILES string of the molecule is O=C(N1CCN(C2CC2)CC1Cc1ccccc1)C1(c2ccccc2)CCOCC1. The van der Waals surface area contributed by atoms with Gasteiger partial charge in [-0.3, -0.25) is 9.69 Å². The Morgan fingerprint density at radius 3 is 2.27 bits per heavy atom. The maximum Gasteiger partial charge on any atom is 0.233 e. The molecular weight excluding hydrogens is 372 g/mol. The van der Waals surface area contributed by atoms with Crippen LogP contribution in [0, 0.1) is 0 Å². The van der Waals surface area contributed by atoms with Crippen LogP contribution in [0.4, 0.5) is 0 Å². The Hall–Kier alpha value is -2.17. The zero-order chi connectivity index (χ0) is 20.4. The number of piperazine rings is 1. The number of carbonyl (C=O) groups is 1. The predicted octanol–water partition coefficient (Wildman–Crippen LogP) is 3.65. The average Bonchev–Trinajstić information content (AvgIpc) is 3.66. The summed E-state index contributed by atoms with van der Waals surface area (Å²) in [6.07, 6.45) is 5.11. The minimum absolute atomic E-state index is 0.234. The van der Waals surface area contributed by atoms with E-state index in [1.807, 2.05) is 6.07 Å². The molecule has 4 nitrogen and oxygen atoms in total. The molecule has 0 radical (unpaired) electrons. The van der Waals surface area contributed by atoms with Gasteiger partial charge in [0.2, 0.25) is 5.91 Å². The summed E-state index contributed by atoms with van der Waals surface area (Å²) in [7, 11) is 0. The molecule has 1 atom stereocenters. The first-order valence-electron chi connectivity index (χ1n) is 11.5. The van der Waals surface area contributed by atoms with Crippen LogP contribution in [0.15, 0.2) is 60.7 Å². The van der Waals surface area contributed by atoms with Gasteiger partial charge in [0.1, 0.15) is 0 Å². The van der Waals surface area contributed by atoms with Crippen LogP contribution in [0.3, 0.4) is 0 Å². The molecule has 158 valence electrons. The normalized spacial score (nSPS) is 24.5. The molecule has 5 rings (SSSR count). The maximum absolute atomic E-state index is 14.2. The fraction of sp³-hybridized carbons (Fsp3) is 0.500. The molecule has 2 heterocycles. The van der Waals surface area contributed by atoms with Crippen LogP contribution in [0.5, 0.6) is 0 Å². The molecule has 0 spiro atoms. The lowest BCUT2D eigenvalue weighted by Gasteiger charge is -2.47. The lowest BCUT2D eigenvalue weighted by molar-refractivity contribution is -0.146. The summed E-state index contributed by atoms with van der Waals surface area (Å²) in [5, 5.41) is 0. The number of ether oxygens (including phenoxy) is 1. The molecule has 4 heteroatoms. The maximum atomic E-state index is 14.2. The first kappa shape index (κ1) is 19.8. The summed E-state index contributed by atoms with van der Waals surface area (Å²) >= 11 is 0. The Morgan fingerprint density at radius 2 is 1.60 bits per heavy atom. The van der Waals surface area contributed by atoms with Crippen LogP contribution in [0.2, 0.25) is 0 Å². The third-order valence-electron chi connectivity index (χ3n) is 7.23. The van der Waals surface area contributed by atoms with E-state index in [2.05, 4.69) is 64.4 Å². The molecular formula is C26H32N2O2. The Labute approximate surface area is 179 Å². The van der Waals surface area contributed by atoms with Gasteiger partial charge >= 0.3 is 0 Å². The molecule has 1 amide bonds. The van der Waals surface area contributed by atoms with E-state index in [9.17, 15) is 4.79 Å². The Kier molecular flexibility index (Phi) is 5.62. The van der Waals surface area contributed by atoms with Gasteiger partial charge in [0.05, 0.1) is 5.41 Å². The first-order valence-corrected chi connectivity index (χ1v) is 11.5. The van der Waals surface area contributed by atoms with Gasteiger partial charge < -0.3 is 9.64 Å². The predicted molar refractivity (Wildman–Crippen MR) is 118 cm³/mol. The minimum Gasteiger partial charge on any atom is -0.381 e. The second kappa shape index (κ2) is 8.52. The van der Waals surface area contributed by atoms with Crippen molar-refractivity contribution < 1.29 is 9.53 Å². The van der Waals surface area contributed by atoms with Crippen LogP contribution in [0.1, 0.15) is 36.8 Å². The molecule has 3 aliphatic rings. The van der Waals surface area contributed by atoms with Gasteiger partial charge in [-0.15, -0.1) is 0 Å². The Morgan fingerprint density at radius 1 is 0.933 bits per heavy atom. The molecule has 3 fully saturated rings. The average molecular weight is 405 g/mol. The van der Waals surface area contributed by atoms with Crippen molar-refractivity contribution in [1.82, 2.24) is 9.80 Å². The van der Waals surface area contributed by atoms with E-state index in [1.165, 1.54) is 18.4 Å². The van der Waals surface area contributed by atoms with E-state index in [1.54, 1.807) is 0 Å². The van der Waals surface area contributed by atoms with Gasteiger partial charge in [0.25, 0.3) is 0 Å². The fourth-order valence-electron chi connectivity index (χ4n) is 5.36. The van der Waals surface area contributed by atoms with Gasteiger partial charge in [-0.2, -0.15) is 0 Å². The van der Waals surface area contributed by atoms with Gasteiger partial charge in [-0.25, -0.2) is 0 Å². The second-order valence-electron chi connectivity index (χ2n) is 9.13. The largest absolute Gasteiger partial charge is 0.381 e. The van der Waals surface area contributed by atoms with Crippen molar-refractivity contribution in [3.63, 3.8) is 0 Å². The highest BCUT2D eigenvalue weighted by Gasteiger charge is 2.47. The lowest BCUT2D eigenvalue weighted by atomic mass is 9.72. The van der Waals surface area contributed by atoms with Crippen LogP contribution in [-0.2, 0) is 21.4 Å². The molecule has 0 aromatic heterocycles. The number of benzene rings is 2. The van der Waals surface area contributed by atoms with Crippen molar-refractivity contribution >= 4 is 5.91 Å². The van der Waals surface area contributed by atoms with Crippen molar-refractivity contribution in [1.29, 1.82) is 0 Å². The van der Waals surface area contributed by atoms with Crippen LogP contribution in [-0.4, -0.2) is 60.6 Å². The summed E-state index contributed by atoms with van der Waals surface area (Å²) in [4.78, 5) is 19.1. The van der Waals surface area contributed by atoms with E-state index in [0.717, 1.165) is 50.5 Å². The molecule has 2 aromatic carbocycles. The standard InChI is InChI=1S/C26H32N2O2/c29-25(26(13-17-30-18-14-26)22-9-5-2-6-10-22)28-16-15-27(23-11-12-23)20-24(28)19-21-7-3-1-4-8-21/h1-10,23-24H,11-20H2. The molecule has 1 aliphatic carbocycles. The number of carbonyl (C=O) groups excluding carboxylic acids is 1. The molecule has 1 saturated carbocycles. The number of rotatable bonds is 5. The topological polar surface area (TPSA) is 32.8 Å². The zero-order valence-electron chi connectivity index (χ0n) is 17.7. The molecule has 2 saturated heterocycles. The van der Waals surface area contributed by atoms with Crippen molar-refractivity contribution in [3.05, 3.63) is 71.8 Å². The smallest absolute Gasteiger partial charge is 0.233 e. The van der Waals surface area contributed by atoms with Crippen molar-refractivity contribution in [2.24, 2.45) is 0 Å². The lowest BCUT2D eigenvalue weighted by Crippen LogP contribution is -2.61. The zero-order valence-corrected chi connectivity index (χ0v) is 17.7. The number of hydrogen-bond acceptors (Lipinski definition) is 3. The van der Waals surface area contributed by atoms with E-state index >= 15 is 0 Å². The van der Waals surface area contributed by atoms with Gasteiger partial charge in [-0.05, 0) is 43.2 Å². The fourth-order valence-corrected chi connectivity index (χ4v) is 5.36. The number of amides is 1. The highest BCUT2D eigenvalue weighted by Crippen LogP contribution is 2.38.